The summed E-state index contributed by atoms with van der Waals surface area (Å²) in [6.45, 7) is 0.663. The molecule has 0 saturated heterocycles. The quantitative estimate of drug-likeness (QED) is 0.460. The fraction of sp³-hybridized carbons (Fsp3) is 0.172. The summed E-state index contributed by atoms with van der Waals surface area (Å²) in [4.78, 5) is 36.7. The normalized spacial score (nSPS) is 19.1. The molecule has 7 rings (SSSR count). The second-order valence-electron chi connectivity index (χ2n) is 9.66. The SMILES string of the molecule is O=C(c1cc(Nc2ccc3c(c2)CC2(C3)C(=O)Nc3ncccc32)ccn1)N1CCc2ccccc21. The molecule has 0 fully saturated rings. The van der Waals surface area contributed by atoms with E-state index in [1.807, 2.05) is 42.5 Å². The highest BCUT2D eigenvalue weighted by Gasteiger charge is 2.51. The van der Waals surface area contributed by atoms with Gasteiger partial charge in [0.15, 0.2) is 0 Å². The van der Waals surface area contributed by atoms with Gasteiger partial charge in [0.1, 0.15) is 11.5 Å². The van der Waals surface area contributed by atoms with Crippen molar-refractivity contribution in [3.05, 3.63) is 107 Å². The van der Waals surface area contributed by atoms with Crippen LogP contribution in [0.25, 0.3) is 0 Å². The van der Waals surface area contributed by atoms with Gasteiger partial charge in [-0.25, -0.2) is 4.98 Å². The minimum absolute atomic E-state index is 0.0164. The fourth-order valence-corrected chi connectivity index (χ4v) is 5.82. The molecule has 4 heterocycles. The Balaban J connectivity index is 1.13. The predicted molar refractivity (Wildman–Crippen MR) is 138 cm³/mol. The van der Waals surface area contributed by atoms with Crippen molar-refractivity contribution in [2.24, 2.45) is 0 Å². The van der Waals surface area contributed by atoms with Crippen LogP contribution in [0, 0.1) is 0 Å². The fourth-order valence-electron chi connectivity index (χ4n) is 5.82. The highest BCUT2D eigenvalue weighted by molar-refractivity contribution is 6.07. The van der Waals surface area contributed by atoms with Gasteiger partial charge >= 0.3 is 0 Å². The maximum atomic E-state index is 13.2. The third kappa shape index (κ3) is 3.12. The predicted octanol–water partition coefficient (Wildman–Crippen LogP) is 4.41. The van der Waals surface area contributed by atoms with E-state index in [1.54, 1.807) is 23.4 Å². The molecule has 1 unspecified atom stereocenters. The number of carbonyl (C=O) groups excluding carboxylic acids is 2. The molecule has 2 aromatic heterocycles. The molecule has 2 N–H and O–H groups in total. The van der Waals surface area contributed by atoms with E-state index in [2.05, 4.69) is 38.8 Å². The molecular weight excluding hydrogens is 450 g/mol. The van der Waals surface area contributed by atoms with Crippen molar-refractivity contribution in [1.29, 1.82) is 0 Å². The zero-order chi connectivity index (χ0) is 24.3. The van der Waals surface area contributed by atoms with Gasteiger partial charge in [0.25, 0.3) is 5.91 Å². The first-order valence-corrected chi connectivity index (χ1v) is 12.1. The van der Waals surface area contributed by atoms with Crippen LogP contribution in [-0.4, -0.2) is 28.3 Å². The Morgan fingerprint density at radius 1 is 0.889 bits per heavy atom. The first-order chi connectivity index (χ1) is 17.6. The Bertz CT molecular complexity index is 1570. The third-order valence-electron chi connectivity index (χ3n) is 7.58. The van der Waals surface area contributed by atoms with E-state index in [0.29, 0.717) is 30.9 Å². The number of benzene rings is 2. The number of nitrogens with one attached hydrogen (secondary N) is 2. The van der Waals surface area contributed by atoms with Crippen LogP contribution >= 0.6 is 0 Å². The van der Waals surface area contributed by atoms with Crippen molar-refractivity contribution in [2.75, 3.05) is 22.1 Å². The number of amides is 2. The molecule has 1 atom stereocenters. The first kappa shape index (κ1) is 20.8. The number of anilines is 4. The van der Waals surface area contributed by atoms with Crippen LogP contribution in [0.1, 0.15) is 32.7 Å². The topological polar surface area (TPSA) is 87.2 Å². The van der Waals surface area contributed by atoms with Crippen LogP contribution in [0.3, 0.4) is 0 Å². The Morgan fingerprint density at radius 3 is 2.69 bits per heavy atom. The van der Waals surface area contributed by atoms with Crippen molar-refractivity contribution in [2.45, 2.75) is 24.7 Å². The summed E-state index contributed by atoms with van der Waals surface area (Å²) < 4.78 is 0. The van der Waals surface area contributed by atoms with Gasteiger partial charge in [0.05, 0.1) is 5.41 Å². The molecule has 36 heavy (non-hydrogen) atoms. The summed E-state index contributed by atoms with van der Waals surface area (Å²) in [6.07, 6.45) is 5.52. The van der Waals surface area contributed by atoms with E-state index in [9.17, 15) is 9.59 Å². The number of para-hydroxylation sites is 1. The lowest BCUT2D eigenvalue weighted by Crippen LogP contribution is -2.35. The van der Waals surface area contributed by atoms with Crippen LogP contribution in [0.4, 0.5) is 22.9 Å². The number of aromatic nitrogens is 2. The van der Waals surface area contributed by atoms with Crippen LogP contribution in [-0.2, 0) is 29.5 Å². The van der Waals surface area contributed by atoms with Gasteiger partial charge in [-0.3, -0.25) is 14.6 Å². The van der Waals surface area contributed by atoms with E-state index < -0.39 is 5.41 Å². The van der Waals surface area contributed by atoms with Gasteiger partial charge in [-0.05, 0) is 72.4 Å². The molecule has 0 radical (unpaired) electrons. The Labute approximate surface area is 208 Å². The van der Waals surface area contributed by atoms with E-state index in [4.69, 9.17) is 0 Å². The summed E-state index contributed by atoms with van der Waals surface area (Å²) in [5.74, 6) is 0.588. The monoisotopic (exact) mass is 473 g/mol. The van der Waals surface area contributed by atoms with Gasteiger partial charge in [-0.15, -0.1) is 0 Å². The van der Waals surface area contributed by atoms with Crippen molar-refractivity contribution < 1.29 is 9.59 Å². The van der Waals surface area contributed by atoms with Gasteiger partial charge in [0, 0.05) is 41.6 Å². The van der Waals surface area contributed by atoms with E-state index in [-0.39, 0.29) is 11.8 Å². The van der Waals surface area contributed by atoms with Crippen LogP contribution in [0.2, 0.25) is 0 Å². The number of fused-ring (bicyclic) bond motifs is 4. The molecule has 7 heteroatoms. The number of nitrogens with zero attached hydrogens (tertiary/aromatic N) is 3. The molecule has 4 aromatic rings. The van der Waals surface area contributed by atoms with Crippen molar-refractivity contribution in [1.82, 2.24) is 9.97 Å². The summed E-state index contributed by atoms with van der Waals surface area (Å²) in [5.41, 5.74) is 6.95. The third-order valence-corrected chi connectivity index (χ3v) is 7.58. The molecule has 2 aliphatic heterocycles. The average molecular weight is 474 g/mol. The molecule has 2 amide bonds. The molecular formula is C29H23N5O2. The maximum absolute atomic E-state index is 13.2. The summed E-state index contributed by atoms with van der Waals surface area (Å²) in [5, 5.41) is 6.38. The number of hydrogen-bond donors (Lipinski definition) is 2. The summed E-state index contributed by atoms with van der Waals surface area (Å²) in [6, 6.07) is 21.8. The second-order valence-corrected chi connectivity index (χ2v) is 9.66. The minimum atomic E-state index is -0.590. The second kappa shape index (κ2) is 7.75. The van der Waals surface area contributed by atoms with Crippen molar-refractivity contribution in [3.63, 3.8) is 0 Å². The number of rotatable bonds is 3. The molecule has 0 saturated carbocycles. The Morgan fingerprint density at radius 2 is 1.75 bits per heavy atom. The van der Waals surface area contributed by atoms with Crippen LogP contribution in [0.15, 0.2) is 79.1 Å². The molecule has 1 spiro atoms. The zero-order valence-corrected chi connectivity index (χ0v) is 19.5. The molecule has 176 valence electrons. The van der Waals surface area contributed by atoms with Gasteiger partial charge in [-0.1, -0.05) is 30.3 Å². The zero-order valence-electron chi connectivity index (χ0n) is 19.5. The van der Waals surface area contributed by atoms with Crippen LogP contribution < -0.4 is 15.5 Å². The average Bonchev–Trinajstić information content (AvgIpc) is 3.58. The maximum Gasteiger partial charge on any atom is 0.276 e. The van der Waals surface area contributed by atoms with Gasteiger partial charge in [-0.2, -0.15) is 0 Å². The molecule has 7 nitrogen and oxygen atoms in total. The lowest BCUT2D eigenvalue weighted by Gasteiger charge is -2.20. The lowest BCUT2D eigenvalue weighted by atomic mass is 9.79. The molecule has 2 aromatic carbocycles. The Kier molecular flexibility index (Phi) is 4.48. The van der Waals surface area contributed by atoms with E-state index in [1.165, 1.54) is 11.1 Å². The number of pyridine rings is 2. The smallest absolute Gasteiger partial charge is 0.276 e. The number of hydrogen-bond acceptors (Lipinski definition) is 5. The molecule has 0 bridgehead atoms. The van der Waals surface area contributed by atoms with Gasteiger partial charge in [0.2, 0.25) is 5.91 Å². The van der Waals surface area contributed by atoms with E-state index in [0.717, 1.165) is 34.6 Å². The summed E-state index contributed by atoms with van der Waals surface area (Å²) >= 11 is 0. The Hall–Kier alpha value is -4.52. The highest BCUT2D eigenvalue weighted by atomic mass is 16.2. The lowest BCUT2D eigenvalue weighted by molar-refractivity contribution is -0.120. The van der Waals surface area contributed by atoms with Gasteiger partial charge < -0.3 is 15.5 Å². The minimum Gasteiger partial charge on any atom is -0.355 e. The molecule has 1 aliphatic carbocycles. The van der Waals surface area contributed by atoms with Crippen LogP contribution in [0.5, 0.6) is 0 Å². The highest BCUT2D eigenvalue weighted by Crippen LogP contribution is 2.47. The number of carbonyl (C=O) groups is 2. The van der Waals surface area contributed by atoms with Crippen molar-refractivity contribution >= 4 is 34.7 Å². The first-order valence-electron chi connectivity index (χ1n) is 12.1. The largest absolute Gasteiger partial charge is 0.355 e. The molecule has 3 aliphatic rings. The summed E-state index contributed by atoms with van der Waals surface area (Å²) in [7, 11) is 0. The van der Waals surface area contributed by atoms with E-state index >= 15 is 0 Å². The standard InChI is InChI=1S/C29H23N5O2/c35-27(34-13-10-18-4-1-2-6-25(18)34)24-15-22(9-12-30-24)32-21-8-7-19-16-29(17-20(19)14-21)23-5-3-11-31-26(23)33-28(29)36/h1-9,11-12,14-15H,10,13,16-17H2,(H,30,32)(H,31,33,36). The van der Waals surface area contributed by atoms with Crippen molar-refractivity contribution in [3.8, 4) is 0 Å².